The smallest absolute Gasteiger partial charge is 0.322 e. The fourth-order valence-corrected chi connectivity index (χ4v) is 6.53. The van der Waals surface area contributed by atoms with Gasteiger partial charge < -0.3 is 21.3 Å². The second-order valence-corrected chi connectivity index (χ2v) is 12.1. The highest BCUT2D eigenvalue weighted by Gasteiger charge is 2.32. The monoisotopic (exact) mass is 646 g/mol. The number of carbonyl (C=O) groups is 4. The van der Waals surface area contributed by atoms with Crippen molar-refractivity contribution in [3.05, 3.63) is 117 Å². The summed E-state index contributed by atoms with van der Waals surface area (Å²) < 4.78 is 38.5. The maximum Gasteiger partial charge on any atom is 0.416 e. The minimum Gasteiger partial charge on any atom is -0.322 e. The fraction of sp³-hybridized carbons (Fsp3) is 0.0625. The molecule has 0 unspecified atom stereocenters. The molecule has 0 radical (unpaired) electrons. The summed E-state index contributed by atoms with van der Waals surface area (Å²) in [6.07, 6.45) is -4.49. The van der Waals surface area contributed by atoms with E-state index in [0.717, 1.165) is 53.4 Å². The molecule has 4 aromatic rings. The molecule has 4 amide bonds. The van der Waals surface area contributed by atoms with Gasteiger partial charge in [0.25, 0.3) is 23.6 Å². The number of benzene rings is 4. The molecule has 2 aliphatic rings. The van der Waals surface area contributed by atoms with Gasteiger partial charge in [0, 0.05) is 32.3 Å². The summed E-state index contributed by atoms with van der Waals surface area (Å²) in [5.41, 5.74) is 2.35. The van der Waals surface area contributed by atoms with Crippen LogP contribution in [0.5, 0.6) is 0 Å². The molecule has 4 N–H and O–H groups in total. The third-order valence-electron chi connectivity index (χ3n) is 6.80. The van der Waals surface area contributed by atoms with Gasteiger partial charge in [-0.05, 0) is 79.7 Å². The topological polar surface area (TPSA) is 116 Å². The number of hydrogen-bond donors (Lipinski definition) is 4. The highest BCUT2D eigenvalue weighted by molar-refractivity contribution is 8.08. The number of carbonyl (C=O) groups excluding carboxylic acids is 4. The second kappa shape index (κ2) is 11.8. The highest BCUT2D eigenvalue weighted by Crippen LogP contribution is 2.47. The van der Waals surface area contributed by atoms with E-state index in [-0.39, 0.29) is 27.0 Å². The zero-order chi connectivity index (χ0) is 31.9. The van der Waals surface area contributed by atoms with Crippen LogP contribution in [-0.4, -0.2) is 23.6 Å². The second-order valence-electron chi connectivity index (χ2n) is 10.0. The van der Waals surface area contributed by atoms with Crippen LogP contribution in [0.15, 0.2) is 105 Å². The summed E-state index contributed by atoms with van der Waals surface area (Å²) in [6, 6.07) is 20.9. The average Bonchev–Trinajstić information content (AvgIpc) is 3.01. The Morgan fingerprint density at radius 1 is 0.644 bits per heavy atom. The summed E-state index contributed by atoms with van der Waals surface area (Å²) >= 11 is 2.18. The van der Waals surface area contributed by atoms with Gasteiger partial charge in [-0.1, -0.05) is 41.2 Å². The number of amides is 4. The Labute approximate surface area is 262 Å². The van der Waals surface area contributed by atoms with Crippen LogP contribution in [0.4, 0.5) is 35.9 Å². The summed E-state index contributed by atoms with van der Waals surface area (Å²) in [7, 11) is 0. The number of thioether (sulfide) groups is 2. The predicted molar refractivity (Wildman–Crippen MR) is 167 cm³/mol. The maximum absolute atomic E-state index is 13.1. The van der Waals surface area contributed by atoms with Gasteiger partial charge in [0.2, 0.25) is 0 Å². The maximum atomic E-state index is 13.1. The lowest BCUT2D eigenvalue weighted by molar-refractivity contribution is -0.137. The quantitative estimate of drug-likeness (QED) is 0.171. The van der Waals surface area contributed by atoms with E-state index in [1.807, 2.05) is 19.1 Å². The SMILES string of the molecule is Cc1ccc(NC(=O)c2ccc3c(c2)NC(=O)/C(=C2\Sc4ccc(C(=O)Nc5ccc(C(F)(F)F)cc5)cc4NC2=O)S3)cc1. The van der Waals surface area contributed by atoms with Crippen molar-refractivity contribution in [2.24, 2.45) is 0 Å². The number of nitrogens with one attached hydrogen (secondary N) is 4. The Kier molecular flexibility index (Phi) is 7.89. The molecule has 13 heteroatoms. The number of halogens is 3. The van der Waals surface area contributed by atoms with E-state index in [4.69, 9.17) is 0 Å². The van der Waals surface area contributed by atoms with Gasteiger partial charge in [-0.3, -0.25) is 19.2 Å². The normalized spacial score (nSPS) is 15.7. The molecule has 0 saturated heterocycles. The molecule has 6 rings (SSSR count). The van der Waals surface area contributed by atoms with Crippen molar-refractivity contribution >= 4 is 69.9 Å². The Balaban J connectivity index is 1.17. The lowest BCUT2D eigenvalue weighted by Crippen LogP contribution is -2.25. The molecule has 0 bridgehead atoms. The Bertz CT molecular complexity index is 1920. The number of rotatable bonds is 4. The molecule has 2 heterocycles. The van der Waals surface area contributed by atoms with Crippen LogP contribution in [-0.2, 0) is 15.8 Å². The van der Waals surface area contributed by atoms with Crippen molar-refractivity contribution in [1.82, 2.24) is 0 Å². The first-order valence-electron chi connectivity index (χ1n) is 13.3. The van der Waals surface area contributed by atoms with Crippen molar-refractivity contribution < 1.29 is 32.3 Å². The molecule has 0 atom stereocenters. The summed E-state index contributed by atoms with van der Waals surface area (Å²) in [6.45, 7) is 1.95. The molecule has 0 fully saturated rings. The molecule has 2 aliphatic heterocycles. The average molecular weight is 647 g/mol. The Hall–Kier alpha value is -5.01. The molecular formula is C32H21F3N4O4S2. The van der Waals surface area contributed by atoms with Crippen LogP contribution in [0.1, 0.15) is 31.8 Å². The van der Waals surface area contributed by atoms with E-state index >= 15 is 0 Å². The van der Waals surface area contributed by atoms with Crippen molar-refractivity contribution in [3.8, 4) is 0 Å². The third kappa shape index (κ3) is 6.44. The van der Waals surface area contributed by atoms with E-state index in [1.165, 1.54) is 12.1 Å². The van der Waals surface area contributed by atoms with Gasteiger partial charge in [-0.15, -0.1) is 0 Å². The van der Waals surface area contributed by atoms with E-state index < -0.39 is 29.5 Å². The lowest BCUT2D eigenvalue weighted by atomic mass is 10.1. The molecule has 226 valence electrons. The number of hydrogen-bond acceptors (Lipinski definition) is 6. The zero-order valence-electron chi connectivity index (χ0n) is 23.2. The molecule has 0 saturated carbocycles. The minimum atomic E-state index is -4.49. The van der Waals surface area contributed by atoms with Crippen molar-refractivity contribution in [2.45, 2.75) is 22.9 Å². The molecule has 45 heavy (non-hydrogen) atoms. The number of aryl methyl sites for hydroxylation is 1. The van der Waals surface area contributed by atoms with E-state index in [2.05, 4.69) is 21.3 Å². The first-order chi connectivity index (χ1) is 21.4. The molecular weight excluding hydrogens is 626 g/mol. The third-order valence-corrected chi connectivity index (χ3v) is 9.27. The van der Waals surface area contributed by atoms with Gasteiger partial charge >= 0.3 is 6.18 Å². The molecule has 4 aromatic carbocycles. The summed E-state index contributed by atoms with van der Waals surface area (Å²) in [4.78, 5) is 53.3. The minimum absolute atomic E-state index is 0.166. The standard InChI is InChI=1S/C32H21F3N4O4S2/c1-16-2-8-20(9-3-16)36-28(40)17-4-12-24-22(14-17)38-30(42)26(44-24)27-31(43)39-23-15-18(5-13-25(23)45-27)29(41)37-21-10-6-19(7-11-21)32(33,34)35/h2-15H,1H3,(H,36,40)(H,37,41)(H,38,42)(H,39,43)/b27-26+. The van der Waals surface area contributed by atoms with E-state index in [0.29, 0.717) is 32.4 Å². The molecule has 8 nitrogen and oxygen atoms in total. The summed E-state index contributed by atoms with van der Waals surface area (Å²) in [5.74, 6) is -1.96. The van der Waals surface area contributed by atoms with Crippen LogP contribution in [0.3, 0.4) is 0 Å². The van der Waals surface area contributed by atoms with Crippen molar-refractivity contribution in [1.29, 1.82) is 0 Å². The molecule has 0 spiro atoms. The first kappa shape index (κ1) is 30.0. The number of anilines is 4. The van der Waals surface area contributed by atoms with E-state index in [1.54, 1.807) is 36.4 Å². The molecule has 0 aromatic heterocycles. The van der Waals surface area contributed by atoms with Crippen LogP contribution in [0.25, 0.3) is 0 Å². The molecule has 0 aliphatic carbocycles. The first-order valence-corrected chi connectivity index (χ1v) is 15.0. The van der Waals surface area contributed by atoms with Gasteiger partial charge in [0.05, 0.1) is 26.7 Å². The highest BCUT2D eigenvalue weighted by atomic mass is 32.2. The van der Waals surface area contributed by atoms with Gasteiger partial charge in [-0.2, -0.15) is 13.2 Å². The summed E-state index contributed by atoms with van der Waals surface area (Å²) in [5, 5.41) is 10.8. The van der Waals surface area contributed by atoms with Gasteiger partial charge in [0.15, 0.2) is 0 Å². The van der Waals surface area contributed by atoms with Crippen LogP contribution >= 0.6 is 23.5 Å². The lowest BCUT2D eigenvalue weighted by Gasteiger charge is -2.24. The van der Waals surface area contributed by atoms with Crippen LogP contribution < -0.4 is 21.3 Å². The zero-order valence-corrected chi connectivity index (χ0v) is 24.8. The van der Waals surface area contributed by atoms with Crippen LogP contribution in [0.2, 0.25) is 0 Å². The fourth-order valence-electron chi connectivity index (χ4n) is 4.47. The Morgan fingerprint density at radius 2 is 1.07 bits per heavy atom. The van der Waals surface area contributed by atoms with Crippen molar-refractivity contribution in [3.63, 3.8) is 0 Å². The Morgan fingerprint density at radius 3 is 1.49 bits per heavy atom. The van der Waals surface area contributed by atoms with E-state index in [9.17, 15) is 32.3 Å². The van der Waals surface area contributed by atoms with Crippen molar-refractivity contribution in [2.75, 3.05) is 21.3 Å². The predicted octanol–water partition coefficient (Wildman–Crippen LogP) is 7.52. The largest absolute Gasteiger partial charge is 0.416 e. The number of alkyl halides is 3. The van der Waals surface area contributed by atoms with Gasteiger partial charge in [-0.25, -0.2) is 0 Å². The van der Waals surface area contributed by atoms with Crippen LogP contribution in [0, 0.1) is 6.92 Å². The van der Waals surface area contributed by atoms with Gasteiger partial charge in [0.1, 0.15) is 0 Å². The number of fused-ring (bicyclic) bond motifs is 2.